The molecule has 0 heterocycles. The minimum absolute atomic E-state index is 0.313. The molecule has 0 aliphatic heterocycles. The van der Waals surface area contributed by atoms with Crippen molar-refractivity contribution in [3.63, 3.8) is 0 Å². The first-order valence-electron chi connectivity index (χ1n) is 4.12. The second kappa shape index (κ2) is 4.56. The van der Waals surface area contributed by atoms with Crippen LogP contribution in [0.1, 0.15) is 24.0 Å². The van der Waals surface area contributed by atoms with Crippen LogP contribution in [0.4, 0.5) is 8.78 Å². The van der Waals surface area contributed by atoms with E-state index in [1.54, 1.807) is 0 Å². The van der Waals surface area contributed by atoms with Crippen LogP contribution in [0.2, 0.25) is 0 Å². The van der Waals surface area contributed by atoms with Crippen LogP contribution in [0.25, 0.3) is 0 Å². The highest BCUT2D eigenvalue weighted by molar-refractivity contribution is 5.37. The van der Waals surface area contributed by atoms with Gasteiger partial charge in [0.25, 0.3) is 6.43 Å². The highest BCUT2D eigenvalue weighted by Crippen LogP contribution is 2.28. The number of rotatable bonds is 3. The fraction of sp³-hybridized carbons (Fsp3) is 0.300. The Kier molecular flexibility index (Phi) is 3.41. The van der Waals surface area contributed by atoms with Crippen LogP contribution in [0.5, 0.6) is 5.75 Å². The number of nitrogens with zero attached hydrogens (tertiary/aromatic N) is 1. The van der Waals surface area contributed by atoms with E-state index in [2.05, 4.69) is 0 Å². The van der Waals surface area contributed by atoms with Crippen molar-refractivity contribution in [3.8, 4) is 11.8 Å². The molecule has 1 N–H and O–H groups in total. The van der Waals surface area contributed by atoms with Gasteiger partial charge in [0, 0.05) is 6.42 Å². The highest BCUT2D eigenvalue weighted by atomic mass is 19.3. The molecule has 4 heteroatoms. The molecule has 0 aliphatic carbocycles. The van der Waals surface area contributed by atoms with Crippen LogP contribution in [0.15, 0.2) is 18.2 Å². The molecule has 1 aromatic rings. The van der Waals surface area contributed by atoms with Crippen molar-refractivity contribution in [1.29, 1.82) is 5.26 Å². The maximum absolute atomic E-state index is 12.2. The molecule has 0 amide bonds. The molecule has 2 nitrogen and oxygen atoms in total. The Morgan fingerprint density at radius 3 is 2.64 bits per heavy atom. The topological polar surface area (TPSA) is 44.0 Å². The van der Waals surface area contributed by atoms with Gasteiger partial charge >= 0.3 is 0 Å². The molecular weight excluding hydrogens is 188 g/mol. The fourth-order valence-electron chi connectivity index (χ4n) is 1.13. The van der Waals surface area contributed by atoms with Crippen molar-refractivity contribution < 1.29 is 13.9 Å². The molecule has 0 saturated heterocycles. The monoisotopic (exact) mass is 197 g/mol. The molecule has 0 spiro atoms. The lowest BCUT2D eigenvalue weighted by molar-refractivity contribution is 0.147. The molecule has 1 rings (SSSR count). The maximum Gasteiger partial charge on any atom is 0.267 e. The number of hydrogen-bond acceptors (Lipinski definition) is 2. The number of benzene rings is 1. The maximum atomic E-state index is 12.2. The third-order valence-corrected chi connectivity index (χ3v) is 1.86. The Labute approximate surface area is 80.4 Å². The molecule has 0 radical (unpaired) electrons. The third kappa shape index (κ3) is 2.43. The molecule has 0 aromatic heterocycles. The first-order chi connectivity index (χ1) is 6.65. The van der Waals surface area contributed by atoms with E-state index in [1.807, 2.05) is 6.07 Å². The molecule has 0 atom stereocenters. The molecule has 0 aliphatic rings. The number of hydrogen-bond donors (Lipinski definition) is 1. The van der Waals surface area contributed by atoms with Crippen molar-refractivity contribution in [3.05, 3.63) is 29.3 Å². The normalized spacial score (nSPS) is 10.1. The highest BCUT2D eigenvalue weighted by Gasteiger charge is 2.12. The van der Waals surface area contributed by atoms with Crippen molar-refractivity contribution >= 4 is 0 Å². The van der Waals surface area contributed by atoms with E-state index in [-0.39, 0.29) is 5.56 Å². The zero-order chi connectivity index (χ0) is 10.6. The number of nitriles is 1. The van der Waals surface area contributed by atoms with E-state index in [1.165, 1.54) is 18.2 Å². The van der Waals surface area contributed by atoms with Crippen molar-refractivity contribution in [2.75, 3.05) is 0 Å². The lowest BCUT2D eigenvalue weighted by Gasteiger charge is -2.04. The summed E-state index contributed by atoms with van der Waals surface area (Å²) in [6.07, 6.45) is -1.89. The molecule has 1 aromatic carbocycles. The number of alkyl halides is 2. The number of phenolic OH excluding ortho intramolecular Hbond substituents is 1. The number of phenols is 1. The zero-order valence-electron chi connectivity index (χ0n) is 7.37. The second-order valence-electron chi connectivity index (χ2n) is 2.85. The molecular formula is C10H9F2NO. The van der Waals surface area contributed by atoms with E-state index >= 15 is 0 Å². The summed E-state index contributed by atoms with van der Waals surface area (Å²) in [6, 6.07) is 5.91. The lowest BCUT2D eigenvalue weighted by Crippen LogP contribution is -1.89. The van der Waals surface area contributed by atoms with Gasteiger partial charge in [-0.15, -0.1) is 0 Å². The van der Waals surface area contributed by atoms with Gasteiger partial charge < -0.3 is 5.11 Å². The average Bonchev–Trinajstić information content (AvgIpc) is 2.14. The molecule has 0 unspecified atom stereocenters. The smallest absolute Gasteiger partial charge is 0.267 e. The third-order valence-electron chi connectivity index (χ3n) is 1.86. The van der Waals surface area contributed by atoms with Gasteiger partial charge in [-0.2, -0.15) is 5.26 Å². The fourth-order valence-corrected chi connectivity index (χ4v) is 1.13. The van der Waals surface area contributed by atoms with E-state index in [9.17, 15) is 13.9 Å². The van der Waals surface area contributed by atoms with Crippen molar-refractivity contribution in [2.24, 2.45) is 0 Å². The number of halogens is 2. The lowest BCUT2D eigenvalue weighted by atomic mass is 10.1. The number of aromatic hydroxyl groups is 1. The van der Waals surface area contributed by atoms with Gasteiger partial charge in [0.15, 0.2) is 0 Å². The predicted octanol–water partition coefficient (Wildman–Crippen LogP) is 2.79. The van der Waals surface area contributed by atoms with Gasteiger partial charge in [-0.05, 0) is 24.1 Å². The predicted molar refractivity (Wildman–Crippen MR) is 47.0 cm³/mol. The minimum Gasteiger partial charge on any atom is -0.507 e. The summed E-state index contributed by atoms with van der Waals surface area (Å²) >= 11 is 0. The summed E-state index contributed by atoms with van der Waals surface area (Å²) < 4.78 is 24.4. The van der Waals surface area contributed by atoms with Gasteiger partial charge in [0.1, 0.15) is 5.75 Å². The Balaban J connectivity index is 2.85. The molecule has 0 bridgehead atoms. The van der Waals surface area contributed by atoms with Crippen molar-refractivity contribution in [2.45, 2.75) is 19.3 Å². The summed E-state index contributed by atoms with van der Waals surface area (Å²) in [6.45, 7) is 0. The first-order valence-corrected chi connectivity index (χ1v) is 4.12. The summed E-state index contributed by atoms with van der Waals surface area (Å²) in [4.78, 5) is 0. The van der Waals surface area contributed by atoms with E-state index in [0.717, 1.165) is 0 Å². The van der Waals surface area contributed by atoms with Crippen LogP contribution in [-0.2, 0) is 6.42 Å². The molecule has 14 heavy (non-hydrogen) atoms. The molecule has 0 fully saturated rings. The van der Waals surface area contributed by atoms with E-state index in [4.69, 9.17) is 5.26 Å². The van der Waals surface area contributed by atoms with Crippen LogP contribution in [0.3, 0.4) is 0 Å². The largest absolute Gasteiger partial charge is 0.507 e. The van der Waals surface area contributed by atoms with Gasteiger partial charge in [-0.1, -0.05) is 6.07 Å². The summed E-state index contributed by atoms with van der Waals surface area (Å²) in [5.74, 6) is -0.407. The van der Waals surface area contributed by atoms with Crippen LogP contribution in [-0.4, -0.2) is 5.11 Å². The second-order valence-corrected chi connectivity index (χ2v) is 2.85. The Bertz CT molecular complexity index is 358. The van der Waals surface area contributed by atoms with Crippen molar-refractivity contribution in [1.82, 2.24) is 0 Å². The Hall–Kier alpha value is -1.63. The van der Waals surface area contributed by atoms with Gasteiger partial charge in [-0.3, -0.25) is 0 Å². The van der Waals surface area contributed by atoms with Gasteiger partial charge in [-0.25, -0.2) is 8.78 Å². The van der Waals surface area contributed by atoms with Gasteiger partial charge in [0.2, 0.25) is 0 Å². The Morgan fingerprint density at radius 2 is 2.14 bits per heavy atom. The quantitative estimate of drug-likeness (QED) is 0.809. The van der Waals surface area contributed by atoms with Crippen LogP contribution < -0.4 is 0 Å². The zero-order valence-corrected chi connectivity index (χ0v) is 7.37. The molecule has 0 saturated carbocycles. The molecule has 74 valence electrons. The van der Waals surface area contributed by atoms with E-state index in [0.29, 0.717) is 18.4 Å². The summed E-state index contributed by atoms with van der Waals surface area (Å²) in [5.41, 5.74) is 0.319. The Morgan fingerprint density at radius 1 is 1.43 bits per heavy atom. The van der Waals surface area contributed by atoms with Gasteiger partial charge in [0.05, 0.1) is 11.6 Å². The average molecular weight is 197 g/mol. The van der Waals surface area contributed by atoms with Crippen LogP contribution >= 0.6 is 0 Å². The standard InChI is InChI=1S/C10H9F2NO/c11-10(12)8-4-3-7(2-1-5-13)6-9(8)14/h3-4,6,10,14H,1-2H2. The van der Waals surface area contributed by atoms with Crippen LogP contribution in [0, 0.1) is 11.3 Å². The van der Waals surface area contributed by atoms with E-state index < -0.39 is 12.2 Å². The SMILES string of the molecule is N#CCCc1ccc(C(F)F)c(O)c1. The first kappa shape index (κ1) is 10.5. The summed E-state index contributed by atoms with van der Waals surface area (Å²) in [7, 11) is 0. The summed E-state index contributed by atoms with van der Waals surface area (Å²) in [5, 5.41) is 17.5. The number of aryl methyl sites for hydroxylation is 1. The minimum atomic E-state index is -2.67.